The molecule has 14 heavy (non-hydrogen) atoms. The van der Waals surface area contributed by atoms with Crippen LogP contribution >= 0.6 is 7.14 Å². The van der Waals surface area contributed by atoms with E-state index in [1.165, 1.54) is 0 Å². The Morgan fingerprint density at radius 1 is 1.36 bits per heavy atom. The maximum atomic E-state index is 11.7. The van der Waals surface area contributed by atoms with Crippen molar-refractivity contribution in [1.82, 2.24) is 5.32 Å². The maximum Gasteiger partial charge on any atom is 0.251 e. The third-order valence-electron chi connectivity index (χ3n) is 1.96. The van der Waals surface area contributed by atoms with Crippen LogP contribution in [0.25, 0.3) is 0 Å². The summed E-state index contributed by atoms with van der Waals surface area (Å²) in [6.07, 6.45) is 0. The Balaban J connectivity index is 3.14. The molecule has 0 aliphatic heterocycles. The zero-order valence-corrected chi connectivity index (χ0v) is 9.47. The third kappa shape index (κ3) is 2.46. The van der Waals surface area contributed by atoms with Crippen LogP contribution in [0.5, 0.6) is 0 Å². The summed E-state index contributed by atoms with van der Waals surface area (Å²) in [6, 6.07) is 6.92. The smallest absolute Gasteiger partial charge is 0.251 e. The molecular weight excluding hydrogens is 197 g/mol. The summed E-state index contributed by atoms with van der Waals surface area (Å²) in [4.78, 5) is 11.3. The van der Waals surface area contributed by atoms with Gasteiger partial charge in [0.15, 0.2) is 0 Å². The number of amides is 1. The zero-order chi connectivity index (χ0) is 10.8. The monoisotopic (exact) mass is 211 g/mol. The number of carbonyl (C=O) groups is 1. The van der Waals surface area contributed by atoms with Gasteiger partial charge in [-0.2, -0.15) is 0 Å². The van der Waals surface area contributed by atoms with Gasteiger partial charge in [0.1, 0.15) is 7.14 Å². The van der Waals surface area contributed by atoms with Gasteiger partial charge in [0, 0.05) is 17.9 Å². The fraction of sp³-hybridized carbons (Fsp3) is 0.300. The number of benzene rings is 1. The van der Waals surface area contributed by atoms with Crippen molar-refractivity contribution in [3.05, 3.63) is 29.8 Å². The molecule has 1 rings (SSSR count). The van der Waals surface area contributed by atoms with E-state index in [9.17, 15) is 9.36 Å². The van der Waals surface area contributed by atoms with Crippen LogP contribution < -0.4 is 10.6 Å². The lowest BCUT2D eigenvalue weighted by atomic mass is 10.2. The average Bonchev–Trinajstić information content (AvgIpc) is 2.15. The predicted molar refractivity (Wildman–Crippen MR) is 58.9 cm³/mol. The van der Waals surface area contributed by atoms with Crippen molar-refractivity contribution in [3.63, 3.8) is 0 Å². The lowest BCUT2D eigenvalue weighted by Crippen LogP contribution is -2.19. The lowest BCUT2D eigenvalue weighted by Gasteiger charge is -2.08. The van der Waals surface area contributed by atoms with Crippen molar-refractivity contribution >= 4 is 18.4 Å². The quantitative estimate of drug-likeness (QED) is 0.749. The van der Waals surface area contributed by atoms with E-state index in [1.54, 1.807) is 44.6 Å². The second kappa shape index (κ2) is 3.97. The number of hydrogen-bond donors (Lipinski definition) is 1. The molecule has 0 radical (unpaired) electrons. The Kier molecular flexibility index (Phi) is 3.12. The van der Waals surface area contributed by atoms with Gasteiger partial charge >= 0.3 is 0 Å². The highest BCUT2D eigenvalue weighted by molar-refractivity contribution is 7.70. The highest BCUT2D eigenvalue weighted by Crippen LogP contribution is 2.34. The molecule has 1 N–H and O–H groups in total. The Morgan fingerprint density at radius 3 is 2.50 bits per heavy atom. The highest BCUT2D eigenvalue weighted by Gasteiger charge is 2.12. The summed E-state index contributed by atoms with van der Waals surface area (Å²) in [5.74, 6) is -0.152. The van der Waals surface area contributed by atoms with Crippen LogP contribution in [0.3, 0.4) is 0 Å². The summed E-state index contributed by atoms with van der Waals surface area (Å²) in [5.41, 5.74) is 0.550. The van der Waals surface area contributed by atoms with Crippen molar-refractivity contribution < 1.29 is 9.36 Å². The molecule has 0 aromatic heterocycles. The van der Waals surface area contributed by atoms with E-state index in [-0.39, 0.29) is 5.91 Å². The predicted octanol–water partition coefficient (Wildman–Crippen LogP) is 1.29. The molecule has 1 aromatic carbocycles. The van der Waals surface area contributed by atoms with E-state index in [1.807, 2.05) is 0 Å². The number of nitrogens with one attached hydrogen (secondary N) is 1. The second-order valence-electron chi connectivity index (χ2n) is 3.48. The number of hydrogen-bond acceptors (Lipinski definition) is 2. The molecule has 0 saturated carbocycles. The van der Waals surface area contributed by atoms with Crippen LogP contribution in [0.15, 0.2) is 24.3 Å². The first kappa shape index (κ1) is 11.0. The van der Waals surface area contributed by atoms with Gasteiger partial charge in [-0.05, 0) is 25.5 Å². The molecule has 0 spiro atoms. The number of rotatable bonds is 2. The van der Waals surface area contributed by atoms with E-state index < -0.39 is 7.14 Å². The van der Waals surface area contributed by atoms with Gasteiger partial charge in [-0.3, -0.25) is 4.79 Å². The van der Waals surface area contributed by atoms with E-state index in [4.69, 9.17) is 0 Å². The minimum atomic E-state index is -2.28. The SMILES string of the molecule is CNC(=O)c1cccc(P(C)(C)=O)c1. The summed E-state index contributed by atoms with van der Waals surface area (Å²) >= 11 is 0. The Morgan fingerprint density at radius 2 is 2.00 bits per heavy atom. The molecule has 4 heteroatoms. The molecule has 0 fully saturated rings. The Bertz CT molecular complexity index is 395. The van der Waals surface area contributed by atoms with Crippen LogP contribution in [0.2, 0.25) is 0 Å². The van der Waals surface area contributed by atoms with E-state index in [0.29, 0.717) is 5.56 Å². The van der Waals surface area contributed by atoms with Crippen molar-refractivity contribution in [1.29, 1.82) is 0 Å². The molecule has 0 atom stereocenters. The molecule has 76 valence electrons. The van der Waals surface area contributed by atoms with Crippen LogP contribution in [0.1, 0.15) is 10.4 Å². The van der Waals surface area contributed by atoms with Crippen molar-refractivity contribution in [3.8, 4) is 0 Å². The normalized spacial score (nSPS) is 11.1. The summed E-state index contributed by atoms with van der Waals surface area (Å²) in [5, 5.41) is 3.27. The third-order valence-corrected chi connectivity index (χ3v) is 3.48. The molecule has 0 heterocycles. The van der Waals surface area contributed by atoms with Gasteiger partial charge in [-0.1, -0.05) is 12.1 Å². The highest BCUT2D eigenvalue weighted by atomic mass is 31.2. The average molecular weight is 211 g/mol. The van der Waals surface area contributed by atoms with Gasteiger partial charge in [0.25, 0.3) is 5.91 Å². The molecule has 0 saturated heterocycles. The summed E-state index contributed by atoms with van der Waals surface area (Å²) in [6.45, 7) is 3.38. The first-order valence-electron chi connectivity index (χ1n) is 4.33. The van der Waals surface area contributed by atoms with Crippen molar-refractivity contribution in [2.24, 2.45) is 0 Å². The van der Waals surface area contributed by atoms with Gasteiger partial charge in [0.05, 0.1) is 0 Å². The van der Waals surface area contributed by atoms with Gasteiger partial charge in [-0.25, -0.2) is 0 Å². The van der Waals surface area contributed by atoms with E-state index >= 15 is 0 Å². The van der Waals surface area contributed by atoms with Gasteiger partial charge < -0.3 is 9.88 Å². The summed E-state index contributed by atoms with van der Waals surface area (Å²) < 4.78 is 11.7. The van der Waals surface area contributed by atoms with Crippen LogP contribution in [0, 0.1) is 0 Å². The maximum absolute atomic E-state index is 11.7. The Labute approximate surface area is 83.9 Å². The fourth-order valence-electron chi connectivity index (χ4n) is 1.13. The number of carbonyl (C=O) groups excluding carboxylic acids is 1. The lowest BCUT2D eigenvalue weighted by molar-refractivity contribution is 0.0963. The van der Waals surface area contributed by atoms with Crippen molar-refractivity contribution in [2.45, 2.75) is 0 Å². The van der Waals surface area contributed by atoms with E-state index in [0.717, 1.165) is 5.30 Å². The molecule has 0 aliphatic rings. The van der Waals surface area contributed by atoms with Crippen LogP contribution in [-0.4, -0.2) is 26.3 Å². The Hall–Kier alpha value is -1.08. The first-order chi connectivity index (χ1) is 6.45. The molecule has 1 amide bonds. The zero-order valence-electron chi connectivity index (χ0n) is 8.57. The fourth-order valence-corrected chi connectivity index (χ4v) is 2.02. The van der Waals surface area contributed by atoms with Gasteiger partial charge in [-0.15, -0.1) is 0 Å². The largest absolute Gasteiger partial charge is 0.355 e. The van der Waals surface area contributed by atoms with Crippen LogP contribution in [0.4, 0.5) is 0 Å². The van der Waals surface area contributed by atoms with Crippen LogP contribution in [-0.2, 0) is 4.57 Å². The minimum Gasteiger partial charge on any atom is -0.355 e. The van der Waals surface area contributed by atoms with Gasteiger partial charge in [0.2, 0.25) is 0 Å². The standard InChI is InChI=1S/C10H14NO2P/c1-11-10(12)8-5-4-6-9(7-8)14(2,3)13/h4-7H,1-3H3,(H,11,12). The molecule has 0 aliphatic carbocycles. The molecule has 1 aromatic rings. The molecular formula is C10H14NO2P. The molecule has 0 unspecified atom stereocenters. The topological polar surface area (TPSA) is 46.2 Å². The van der Waals surface area contributed by atoms with Crippen molar-refractivity contribution in [2.75, 3.05) is 20.4 Å². The van der Waals surface area contributed by atoms with E-state index in [2.05, 4.69) is 5.32 Å². The summed E-state index contributed by atoms with van der Waals surface area (Å²) in [7, 11) is -0.699. The molecule has 0 bridgehead atoms. The molecule has 3 nitrogen and oxygen atoms in total. The minimum absolute atomic E-state index is 0.152. The second-order valence-corrected chi connectivity index (χ2v) is 6.70. The first-order valence-corrected chi connectivity index (χ1v) is 6.93.